The molecule has 9 heavy (non-hydrogen) atoms. The Balaban J connectivity index is 0.000000640. The quantitative estimate of drug-likeness (QED) is 0.600. The standard InChI is InChI=1S/C6H12NO.Y/c1-7-5-3-2-4-6(5)8;/h5-8H,1-4H2;/q-1;. The van der Waals surface area contributed by atoms with Gasteiger partial charge in [-0.25, -0.2) is 0 Å². The Kier molecular flexibility index (Phi) is 5.32. The molecule has 0 saturated heterocycles. The normalized spacial score (nSPS) is 34.0. The second kappa shape index (κ2) is 4.78. The summed E-state index contributed by atoms with van der Waals surface area (Å²) >= 11 is 0. The molecule has 0 spiro atoms. The first kappa shape index (κ1) is 10.0. The van der Waals surface area contributed by atoms with Crippen molar-refractivity contribution < 1.29 is 37.8 Å². The predicted molar refractivity (Wildman–Crippen MR) is 32.1 cm³/mol. The summed E-state index contributed by atoms with van der Waals surface area (Å²) in [6.07, 6.45) is 3.00. The van der Waals surface area contributed by atoms with Crippen LogP contribution in [0.1, 0.15) is 19.3 Å². The number of nitrogens with one attached hydrogen (secondary N) is 1. The van der Waals surface area contributed by atoms with Crippen molar-refractivity contribution in [2.75, 3.05) is 0 Å². The zero-order chi connectivity index (χ0) is 5.98. The number of aliphatic hydroxyl groups is 1. The van der Waals surface area contributed by atoms with Crippen LogP contribution >= 0.6 is 0 Å². The Bertz CT molecular complexity index is 79.5. The molecule has 2 nitrogen and oxygen atoms in total. The monoisotopic (exact) mass is 203 g/mol. The average Bonchev–Trinajstić information content (AvgIpc) is 2.14. The third kappa shape index (κ3) is 2.62. The maximum atomic E-state index is 9.09. The van der Waals surface area contributed by atoms with E-state index in [1.807, 2.05) is 0 Å². The van der Waals surface area contributed by atoms with Crippen LogP contribution in [0.15, 0.2) is 0 Å². The van der Waals surface area contributed by atoms with Gasteiger partial charge in [-0.15, -0.1) is 0 Å². The van der Waals surface area contributed by atoms with Crippen LogP contribution in [0.4, 0.5) is 0 Å². The molecular weight excluding hydrogens is 191 g/mol. The molecule has 0 heterocycles. The molecule has 1 saturated carbocycles. The fourth-order valence-electron chi connectivity index (χ4n) is 1.18. The molecule has 1 fully saturated rings. The van der Waals surface area contributed by atoms with Gasteiger partial charge < -0.3 is 10.4 Å². The summed E-state index contributed by atoms with van der Waals surface area (Å²) in [5.74, 6) is 0. The first-order valence-corrected chi connectivity index (χ1v) is 3.05. The van der Waals surface area contributed by atoms with Crippen LogP contribution in [0.25, 0.3) is 0 Å². The Labute approximate surface area is 81.3 Å². The fourth-order valence-corrected chi connectivity index (χ4v) is 1.18. The Morgan fingerprint density at radius 2 is 2.11 bits per heavy atom. The average molecular weight is 203 g/mol. The Morgan fingerprint density at radius 3 is 2.33 bits per heavy atom. The topological polar surface area (TPSA) is 32.3 Å². The van der Waals surface area contributed by atoms with Crippen LogP contribution in [-0.2, 0) is 32.7 Å². The molecule has 1 radical (unpaired) electrons. The van der Waals surface area contributed by atoms with E-state index in [9.17, 15) is 0 Å². The van der Waals surface area contributed by atoms with Gasteiger partial charge in [0.1, 0.15) is 0 Å². The first-order chi connectivity index (χ1) is 3.84. The molecule has 2 unspecified atom stereocenters. The van der Waals surface area contributed by atoms with Crippen LogP contribution < -0.4 is 5.32 Å². The van der Waals surface area contributed by atoms with Crippen LogP contribution in [0, 0.1) is 7.05 Å². The summed E-state index contributed by atoms with van der Waals surface area (Å²) in [6.45, 7) is 0. The number of aliphatic hydroxyl groups excluding tert-OH is 1. The number of hydrogen-bond donors (Lipinski definition) is 2. The summed E-state index contributed by atoms with van der Waals surface area (Å²) in [5, 5.41) is 11.9. The molecule has 1 rings (SSSR count). The molecule has 0 aliphatic heterocycles. The summed E-state index contributed by atoms with van der Waals surface area (Å²) in [7, 11) is 3.51. The zero-order valence-electron chi connectivity index (χ0n) is 5.51. The van der Waals surface area contributed by atoms with Gasteiger partial charge in [-0.2, -0.15) is 0 Å². The smallest absolute Gasteiger partial charge is 0.0669 e. The van der Waals surface area contributed by atoms with Gasteiger partial charge in [0, 0.05) is 38.8 Å². The summed E-state index contributed by atoms with van der Waals surface area (Å²) in [5.41, 5.74) is 0. The minimum atomic E-state index is -0.146. The molecule has 0 aromatic carbocycles. The SMILES string of the molecule is [CH2-]NC1CCCC1O.[Y]. The molecule has 0 aromatic heterocycles. The molecule has 1 aliphatic carbocycles. The largest absolute Gasteiger partial charge is 0.468 e. The van der Waals surface area contributed by atoms with Gasteiger partial charge >= 0.3 is 0 Å². The van der Waals surface area contributed by atoms with Crippen molar-refractivity contribution >= 4 is 0 Å². The molecule has 0 aromatic rings. The molecule has 3 heteroatoms. The molecule has 0 bridgehead atoms. The second-order valence-corrected chi connectivity index (χ2v) is 2.31. The maximum absolute atomic E-state index is 9.09. The van der Waals surface area contributed by atoms with Gasteiger partial charge in [0.05, 0.1) is 6.10 Å². The van der Waals surface area contributed by atoms with Crippen molar-refractivity contribution in [3.63, 3.8) is 0 Å². The van der Waals surface area contributed by atoms with E-state index in [0.717, 1.165) is 19.3 Å². The van der Waals surface area contributed by atoms with Gasteiger partial charge in [-0.05, 0) is 19.3 Å². The van der Waals surface area contributed by atoms with E-state index in [2.05, 4.69) is 12.4 Å². The third-order valence-corrected chi connectivity index (χ3v) is 1.74. The summed E-state index contributed by atoms with van der Waals surface area (Å²) in [4.78, 5) is 0. The van der Waals surface area contributed by atoms with E-state index in [1.54, 1.807) is 0 Å². The third-order valence-electron chi connectivity index (χ3n) is 1.74. The van der Waals surface area contributed by atoms with E-state index >= 15 is 0 Å². The van der Waals surface area contributed by atoms with E-state index < -0.39 is 0 Å². The van der Waals surface area contributed by atoms with Crippen molar-refractivity contribution in [3.8, 4) is 0 Å². The van der Waals surface area contributed by atoms with E-state index in [-0.39, 0.29) is 44.9 Å². The van der Waals surface area contributed by atoms with Crippen molar-refractivity contribution in [1.82, 2.24) is 5.32 Å². The molecule has 0 amide bonds. The fraction of sp³-hybridized carbons (Fsp3) is 0.833. The Morgan fingerprint density at radius 1 is 1.44 bits per heavy atom. The van der Waals surface area contributed by atoms with Crippen LogP contribution in [0.5, 0.6) is 0 Å². The van der Waals surface area contributed by atoms with E-state index in [0.29, 0.717) is 0 Å². The minimum Gasteiger partial charge on any atom is -0.468 e. The second-order valence-electron chi connectivity index (χ2n) is 2.31. The van der Waals surface area contributed by atoms with Gasteiger partial charge in [-0.1, -0.05) is 0 Å². The maximum Gasteiger partial charge on any atom is 0.0669 e. The molecular formula is C6H12NOY-. The van der Waals surface area contributed by atoms with Gasteiger partial charge in [0.2, 0.25) is 0 Å². The van der Waals surface area contributed by atoms with Crippen molar-refractivity contribution in [1.29, 1.82) is 0 Å². The van der Waals surface area contributed by atoms with Gasteiger partial charge in [0.15, 0.2) is 0 Å². The van der Waals surface area contributed by atoms with E-state index in [4.69, 9.17) is 5.11 Å². The van der Waals surface area contributed by atoms with Crippen LogP contribution in [0.2, 0.25) is 0 Å². The number of hydrogen-bond acceptors (Lipinski definition) is 2. The summed E-state index contributed by atoms with van der Waals surface area (Å²) < 4.78 is 0. The van der Waals surface area contributed by atoms with Crippen LogP contribution in [0.3, 0.4) is 0 Å². The van der Waals surface area contributed by atoms with Crippen LogP contribution in [-0.4, -0.2) is 17.3 Å². The number of rotatable bonds is 1. The molecule has 2 atom stereocenters. The zero-order valence-corrected chi connectivity index (χ0v) is 8.35. The van der Waals surface area contributed by atoms with Crippen molar-refractivity contribution in [2.24, 2.45) is 0 Å². The van der Waals surface area contributed by atoms with Gasteiger partial charge in [-0.3, -0.25) is 7.05 Å². The summed E-state index contributed by atoms with van der Waals surface area (Å²) in [6, 6.07) is 0.259. The molecule has 2 N–H and O–H groups in total. The van der Waals surface area contributed by atoms with Crippen molar-refractivity contribution in [2.45, 2.75) is 31.4 Å². The minimum absolute atomic E-state index is 0. The predicted octanol–water partition coefficient (Wildman–Crippen LogP) is 0.278. The molecule has 51 valence electrons. The molecule has 1 aliphatic rings. The van der Waals surface area contributed by atoms with Gasteiger partial charge in [0.25, 0.3) is 0 Å². The van der Waals surface area contributed by atoms with Crippen molar-refractivity contribution in [3.05, 3.63) is 7.05 Å². The Hall–Kier alpha value is 1.02. The first-order valence-electron chi connectivity index (χ1n) is 3.05. The van der Waals surface area contributed by atoms with E-state index in [1.165, 1.54) is 0 Å².